The summed E-state index contributed by atoms with van der Waals surface area (Å²) in [6.45, 7) is 0. The van der Waals surface area contributed by atoms with Crippen LogP contribution in [0.3, 0.4) is 0 Å². The van der Waals surface area contributed by atoms with Crippen molar-refractivity contribution in [2.24, 2.45) is 11.8 Å². The van der Waals surface area contributed by atoms with Crippen LogP contribution in [0.15, 0.2) is 36.4 Å². The van der Waals surface area contributed by atoms with Crippen LogP contribution in [-0.2, 0) is 9.59 Å². The van der Waals surface area contributed by atoms with Crippen LogP contribution < -0.4 is 20.7 Å². The van der Waals surface area contributed by atoms with Gasteiger partial charge in [-0.15, -0.1) is 0 Å². The van der Waals surface area contributed by atoms with Gasteiger partial charge in [-0.1, -0.05) is 12.2 Å². The van der Waals surface area contributed by atoms with Crippen molar-refractivity contribution in [3.05, 3.63) is 42.0 Å². The number of hydrogen-bond donors (Lipinski definition) is 2. The molecule has 1 saturated carbocycles. The summed E-state index contributed by atoms with van der Waals surface area (Å²) in [6.07, 6.45) is 8.73. The van der Waals surface area contributed by atoms with Gasteiger partial charge >= 0.3 is 0 Å². The Labute approximate surface area is 157 Å². The van der Waals surface area contributed by atoms with Crippen LogP contribution in [0.1, 0.15) is 48.9 Å². The highest BCUT2D eigenvalue weighted by atomic mass is 16.5. The van der Waals surface area contributed by atoms with Crippen LogP contribution >= 0.6 is 0 Å². The van der Waals surface area contributed by atoms with E-state index in [9.17, 15) is 19.5 Å². The molecule has 0 bridgehead atoms. The Bertz CT molecular complexity index is 722. The predicted molar refractivity (Wildman–Crippen MR) is 95.3 cm³/mol. The van der Waals surface area contributed by atoms with Gasteiger partial charge in [0.15, 0.2) is 0 Å². The van der Waals surface area contributed by atoms with Crippen molar-refractivity contribution >= 4 is 17.8 Å². The molecule has 1 aromatic carbocycles. The first kappa shape index (κ1) is 18.9. The van der Waals surface area contributed by atoms with Gasteiger partial charge in [0, 0.05) is 17.5 Å². The third-order valence-corrected chi connectivity index (χ3v) is 5.09. The van der Waals surface area contributed by atoms with Gasteiger partial charge in [0.2, 0.25) is 5.91 Å². The number of carbonyl (C=O) groups is 3. The van der Waals surface area contributed by atoms with E-state index in [2.05, 4.69) is 10.9 Å². The Balaban J connectivity index is 1.51. The number of allylic oxidation sites excluding steroid dienone is 2. The second-order valence-corrected chi connectivity index (χ2v) is 6.97. The van der Waals surface area contributed by atoms with Crippen LogP contribution in [-0.4, -0.2) is 23.9 Å². The Morgan fingerprint density at radius 1 is 0.926 bits per heavy atom. The molecule has 0 unspecified atom stereocenters. The van der Waals surface area contributed by atoms with Crippen molar-refractivity contribution in [1.82, 2.24) is 10.9 Å². The third kappa shape index (κ3) is 4.87. The maximum Gasteiger partial charge on any atom is 0.269 e. The summed E-state index contributed by atoms with van der Waals surface area (Å²) in [4.78, 5) is 35.6. The predicted octanol–water partition coefficient (Wildman–Crippen LogP) is 1.10. The Hall–Kier alpha value is -2.83. The Morgan fingerprint density at radius 3 is 2.19 bits per heavy atom. The molecule has 0 spiro atoms. The zero-order chi connectivity index (χ0) is 19.2. The maximum absolute atomic E-state index is 12.2. The van der Waals surface area contributed by atoms with Crippen molar-refractivity contribution in [2.75, 3.05) is 0 Å². The smallest absolute Gasteiger partial charge is 0.269 e. The van der Waals surface area contributed by atoms with E-state index in [-0.39, 0.29) is 12.5 Å². The van der Waals surface area contributed by atoms with Gasteiger partial charge in [-0.3, -0.25) is 20.4 Å². The fraction of sp³-hybridized carbons (Fsp3) is 0.450. The number of amides is 2. The second kappa shape index (κ2) is 8.70. The number of hydrazine groups is 1. The van der Waals surface area contributed by atoms with Crippen LogP contribution in [0.4, 0.5) is 0 Å². The van der Waals surface area contributed by atoms with Crippen molar-refractivity contribution in [3.63, 3.8) is 0 Å². The maximum atomic E-state index is 12.2. The molecule has 7 nitrogen and oxygen atoms in total. The molecule has 0 saturated heterocycles. The topological polar surface area (TPSA) is 108 Å². The summed E-state index contributed by atoms with van der Waals surface area (Å²) < 4.78 is 5.85. The number of ether oxygens (including phenoxy) is 1. The van der Waals surface area contributed by atoms with Crippen LogP contribution in [0.2, 0.25) is 0 Å². The molecule has 0 aromatic heterocycles. The lowest BCUT2D eigenvalue weighted by Crippen LogP contribution is -2.49. The lowest BCUT2D eigenvalue weighted by Gasteiger charge is -2.28. The summed E-state index contributed by atoms with van der Waals surface area (Å²) in [5, 5.41) is 11.2. The molecule has 0 radical (unpaired) electrons. The highest BCUT2D eigenvalue weighted by molar-refractivity contribution is 5.96. The highest BCUT2D eigenvalue weighted by Crippen LogP contribution is 2.25. The Kier molecular flexibility index (Phi) is 6.11. The van der Waals surface area contributed by atoms with E-state index < -0.39 is 29.6 Å². The van der Waals surface area contributed by atoms with Crippen molar-refractivity contribution < 1.29 is 24.2 Å². The van der Waals surface area contributed by atoms with Gasteiger partial charge in [-0.2, -0.15) is 0 Å². The van der Waals surface area contributed by atoms with Gasteiger partial charge in [-0.25, -0.2) is 0 Å². The molecule has 27 heavy (non-hydrogen) atoms. The van der Waals surface area contributed by atoms with Crippen LogP contribution in [0.5, 0.6) is 5.75 Å². The quantitative estimate of drug-likeness (QED) is 0.595. The van der Waals surface area contributed by atoms with E-state index in [1.54, 1.807) is 36.4 Å². The average Bonchev–Trinajstić information content (AvgIpc) is 3.19. The number of nitrogens with one attached hydrogen (secondary N) is 2. The van der Waals surface area contributed by atoms with Gasteiger partial charge in [0.25, 0.3) is 5.91 Å². The molecule has 0 aliphatic heterocycles. The molecule has 2 aliphatic rings. The normalized spacial score (nSPS) is 22.2. The Morgan fingerprint density at radius 2 is 1.56 bits per heavy atom. The second-order valence-electron chi connectivity index (χ2n) is 6.97. The molecule has 2 amide bonds. The summed E-state index contributed by atoms with van der Waals surface area (Å²) >= 11 is 0. The van der Waals surface area contributed by atoms with Gasteiger partial charge in [-0.05, 0) is 62.8 Å². The molecular weight excluding hydrogens is 348 g/mol. The van der Waals surface area contributed by atoms with E-state index in [0.29, 0.717) is 17.7 Å². The molecule has 2 N–H and O–H groups in total. The zero-order valence-corrected chi connectivity index (χ0v) is 15.0. The SMILES string of the molecule is O=C(NNC(=O)[C@H]1CC=CC[C@@H]1C(=O)[O-])c1ccc(OC2CCCC2)cc1. The molecule has 0 heterocycles. The lowest BCUT2D eigenvalue weighted by atomic mass is 9.82. The highest BCUT2D eigenvalue weighted by Gasteiger charge is 2.30. The first-order chi connectivity index (χ1) is 13.0. The molecule has 144 valence electrons. The minimum Gasteiger partial charge on any atom is -0.550 e. The van der Waals surface area contributed by atoms with E-state index in [1.807, 2.05) is 0 Å². The summed E-state index contributed by atoms with van der Waals surface area (Å²) in [6, 6.07) is 6.71. The van der Waals surface area contributed by atoms with Gasteiger partial charge < -0.3 is 14.6 Å². The van der Waals surface area contributed by atoms with E-state index in [0.717, 1.165) is 12.8 Å². The number of benzene rings is 1. The van der Waals surface area contributed by atoms with Gasteiger partial charge in [0.05, 0.1) is 12.0 Å². The number of carboxylic acids is 1. The van der Waals surface area contributed by atoms with Crippen molar-refractivity contribution in [2.45, 2.75) is 44.6 Å². The number of hydrogen-bond acceptors (Lipinski definition) is 5. The molecule has 7 heteroatoms. The fourth-order valence-electron chi connectivity index (χ4n) is 3.53. The number of aliphatic carboxylic acids is 1. The van der Waals surface area contributed by atoms with E-state index in [4.69, 9.17) is 4.74 Å². The third-order valence-electron chi connectivity index (χ3n) is 5.09. The molecule has 2 aliphatic carbocycles. The van der Waals surface area contributed by atoms with Crippen LogP contribution in [0.25, 0.3) is 0 Å². The average molecular weight is 371 g/mol. The minimum absolute atomic E-state index is 0.241. The van der Waals surface area contributed by atoms with Crippen molar-refractivity contribution in [3.8, 4) is 5.75 Å². The molecule has 2 atom stereocenters. The first-order valence-corrected chi connectivity index (χ1v) is 9.27. The molecule has 1 fully saturated rings. The lowest BCUT2D eigenvalue weighted by molar-refractivity contribution is -0.313. The molecule has 1 aromatic rings. The number of rotatable bonds is 5. The largest absolute Gasteiger partial charge is 0.550 e. The van der Waals surface area contributed by atoms with Gasteiger partial charge in [0.1, 0.15) is 5.75 Å². The number of carboxylic acid groups (broad SMARTS) is 1. The first-order valence-electron chi connectivity index (χ1n) is 9.27. The fourth-order valence-corrected chi connectivity index (χ4v) is 3.53. The number of carbonyl (C=O) groups excluding carboxylic acids is 3. The van der Waals surface area contributed by atoms with Crippen molar-refractivity contribution in [1.29, 1.82) is 0 Å². The van der Waals surface area contributed by atoms with E-state index in [1.165, 1.54) is 12.8 Å². The summed E-state index contributed by atoms with van der Waals surface area (Å²) in [7, 11) is 0. The molecular formula is C20H23N2O5-. The van der Waals surface area contributed by atoms with Crippen LogP contribution in [0, 0.1) is 11.8 Å². The summed E-state index contributed by atoms with van der Waals surface area (Å²) in [5.74, 6) is -3.21. The van der Waals surface area contributed by atoms with E-state index >= 15 is 0 Å². The zero-order valence-electron chi connectivity index (χ0n) is 15.0. The molecule has 3 rings (SSSR count). The summed E-state index contributed by atoms with van der Waals surface area (Å²) in [5.41, 5.74) is 5.01. The minimum atomic E-state index is -1.26. The monoisotopic (exact) mass is 371 g/mol. The standard InChI is InChI=1S/C20H24N2O5/c23-18(13-9-11-15(12-10-13)27-14-5-1-2-6-14)21-22-19(24)16-7-3-4-8-17(16)20(25)26/h3-4,9-12,14,16-17H,1-2,5-8H2,(H,21,23)(H,22,24)(H,25,26)/p-1/t16-,17-/m0/s1.